The van der Waals surface area contributed by atoms with Gasteiger partial charge in [-0.2, -0.15) is 0 Å². The number of rotatable bonds is 3. The number of carbonyl (C=O) groups is 1. The van der Waals surface area contributed by atoms with Crippen LogP contribution in [0.25, 0.3) is 0 Å². The molecule has 0 aliphatic heterocycles. The predicted octanol–water partition coefficient (Wildman–Crippen LogP) is 1.98. The van der Waals surface area contributed by atoms with Crippen LogP contribution in [0, 0.1) is 11.8 Å². The number of carbonyl (C=O) groups excluding carboxylic acids is 1. The Labute approximate surface area is 109 Å². The van der Waals surface area contributed by atoms with Crippen LogP contribution in [0.1, 0.15) is 36.8 Å². The molecule has 3 rings (SSSR count). The maximum Gasteiger partial charge on any atom is 0.221 e. The molecule has 3 heteroatoms. The second-order valence-corrected chi connectivity index (χ2v) is 5.29. The Morgan fingerprint density at radius 1 is 1.06 bits per heavy atom. The number of hydrogen-bond donors (Lipinski definition) is 2. The molecule has 0 unspecified atom stereocenters. The predicted molar refractivity (Wildman–Crippen MR) is 72.7 cm³/mol. The second-order valence-electron chi connectivity index (χ2n) is 5.29. The summed E-state index contributed by atoms with van der Waals surface area (Å²) in [4.78, 5) is 10.6. The van der Waals surface area contributed by atoms with Crippen molar-refractivity contribution in [3.63, 3.8) is 0 Å². The van der Waals surface area contributed by atoms with Gasteiger partial charge in [-0.1, -0.05) is 24.3 Å². The van der Waals surface area contributed by atoms with Crippen molar-refractivity contribution < 1.29 is 4.79 Å². The van der Waals surface area contributed by atoms with E-state index in [2.05, 4.69) is 0 Å². The van der Waals surface area contributed by atoms with Crippen molar-refractivity contribution in [2.24, 2.45) is 23.3 Å². The van der Waals surface area contributed by atoms with E-state index in [1.165, 1.54) is 11.8 Å². The minimum atomic E-state index is -0.323. The van der Waals surface area contributed by atoms with E-state index in [4.69, 9.17) is 11.5 Å². The van der Waals surface area contributed by atoms with E-state index in [1.807, 2.05) is 24.3 Å². The Balaban J connectivity index is 0.000000164. The zero-order chi connectivity index (χ0) is 13.0. The van der Waals surface area contributed by atoms with Crippen molar-refractivity contribution in [2.45, 2.75) is 38.6 Å². The average molecular weight is 246 g/mol. The fourth-order valence-electron chi connectivity index (χ4n) is 2.68. The van der Waals surface area contributed by atoms with Crippen molar-refractivity contribution in [3.8, 4) is 0 Å². The Kier molecular flexibility index (Phi) is 4.37. The number of benzene rings is 1. The Hall–Kier alpha value is -1.35. The summed E-state index contributed by atoms with van der Waals surface area (Å²) in [6.07, 6.45) is 6.51. The van der Waals surface area contributed by atoms with Gasteiger partial charge in [-0.05, 0) is 48.6 Å². The molecule has 2 aliphatic carbocycles. The summed E-state index contributed by atoms with van der Waals surface area (Å²) in [5.74, 6) is 2.10. The van der Waals surface area contributed by atoms with Crippen molar-refractivity contribution in [3.05, 3.63) is 35.4 Å². The van der Waals surface area contributed by atoms with E-state index < -0.39 is 0 Å². The van der Waals surface area contributed by atoms with Gasteiger partial charge in [0.25, 0.3) is 0 Å². The Morgan fingerprint density at radius 2 is 1.56 bits per heavy atom. The molecular weight excluding hydrogens is 224 g/mol. The molecule has 0 heterocycles. The topological polar surface area (TPSA) is 69.1 Å². The normalized spacial score (nSPS) is 23.8. The van der Waals surface area contributed by atoms with Crippen LogP contribution in [0.4, 0.5) is 0 Å². The van der Waals surface area contributed by atoms with E-state index in [0.717, 1.165) is 11.1 Å². The second kappa shape index (κ2) is 6.01. The molecule has 0 atom stereocenters. The SMILES string of the molecule is C1CC2CCC12.NCc1ccccc1CC(N)=O. The Bertz CT molecular complexity index is 399. The molecule has 18 heavy (non-hydrogen) atoms. The highest BCUT2D eigenvalue weighted by molar-refractivity contribution is 5.76. The van der Waals surface area contributed by atoms with Gasteiger partial charge in [-0.3, -0.25) is 4.79 Å². The zero-order valence-corrected chi connectivity index (χ0v) is 10.8. The van der Waals surface area contributed by atoms with Crippen LogP contribution in [0.3, 0.4) is 0 Å². The molecule has 98 valence electrons. The molecule has 0 spiro atoms. The van der Waals surface area contributed by atoms with E-state index in [-0.39, 0.29) is 12.3 Å². The maximum absolute atomic E-state index is 10.6. The van der Waals surface area contributed by atoms with Gasteiger partial charge in [0.1, 0.15) is 0 Å². The number of primary amides is 1. The van der Waals surface area contributed by atoms with Gasteiger partial charge < -0.3 is 11.5 Å². The molecule has 3 nitrogen and oxygen atoms in total. The quantitative estimate of drug-likeness (QED) is 0.856. The first-order chi connectivity index (χ1) is 8.70. The highest BCUT2D eigenvalue weighted by Crippen LogP contribution is 2.49. The standard InChI is InChI=1S/C9H12N2O.C6H10/c10-6-8-4-2-1-3-7(8)5-9(11)12;1-2-6-4-3-5(1)6/h1-4H,5-6,10H2,(H2,11,12);5-6H,1-4H2. The summed E-state index contributed by atoms with van der Waals surface area (Å²) in [6.45, 7) is 0.448. The van der Waals surface area contributed by atoms with E-state index in [1.54, 1.807) is 25.7 Å². The third-order valence-electron chi connectivity index (χ3n) is 4.19. The fraction of sp³-hybridized carbons (Fsp3) is 0.533. The van der Waals surface area contributed by atoms with Gasteiger partial charge >= 0.3 is 0 Å². The van der Waals surface area contributed by atoms with Crippen LogP contribution in [0.15, 0.2) is 24.3 Å². The molecule has 0 saturated heterocycles. The van der Waals surface area contributed by atoms with E-state index in [9.17, 15) is 4.79 Å². The van der Waals surface area contributed by atoms with Gasteiger partial charge in [0.15, 0.2) is 0 Å². The Morgan fingerprint density at radius 3 is 1.89 bits per heavy atom. The summed E-state index contributed by atoms with van der Waals surface area (Å²) >= 11 is 0. The van der Waals surface area contributed by atoms with Gasteiger partial charge in [0.05, 0.1) is 6.42 Å². The summed E-state index contributed by atoms with van der Waals surface area (Å²) in [5.41, 5.74) is 12.4. The third-order valence-corrected chi connectivity index (χ3v) is 4.19. The number of fused-ring (bicyclic) bond motifs is 1. The molecule has 2 aliphatic rings. The van der Waals surface area contributed by atoms with Crippen LogP contribution in [-0.4, -0.2) is 5.91 Å². The minimum absolute atomic E-state index is 0.271. The van der Waals surface area contributed by atoms with Crippen molar-refractivity contribution in [2.75, 3.05) is 0 Å². The van der Waals surface area contributed by atoms with Crippen LogP contribution in [0.2, 0.25) is 0 Å². The molecule has 0 radical (unpaired) electrons. The van der Waals surface area contributed by atoms with Crippen LogP contribution in [-0.2, 0) is 17.8 Å². The molecule has 2 fully saturated rings. The lowest BCUT2D eigenvalue weighted by atomic mass is 9.60. The zero-order valence-electron chi connectivity index (χ0n) is 10.8. The molecule has 0 aromatic heterocycles. The lowest BCUT2D eigenvalue weighted by molar-refractivity contribution is -0.117. The molecular formula is C15H22N2O. The molecule has 2 saturated carbocycles. The van der Waals surface area contributed by atoms with E-state index >= 15 is 0 Å². The summed E-state index contributed by atoms with van der Waals surface area (Å²) in [5, 5.41) is 0. The van der Waals surface area contributed by atoms with Gasteiger partial charge in [0.2, 0.25) is 5.91 Å². The lowest BCUT2D eigenvalue weighted by Gasteiger charge is -2.46. The van der Waals surface area contributed by atoms with Crippen molar-refractivity contribution in [1.82, 2.24) is 0 Å². The summed E-state index contributed by atoms with van der Waals surface area (Å²) < 4.78 is 0. The number of nitrogens with two attached hydrogens (primary N) is 2. The monoisotopic (exact) mass is 246 g/mol. The molecule has 4 N–H and O–H groups in total. The first kappa shape index (κ1) is 13.1. The van der Waals surface area contributed by atoms with E-state index in [0.29, 0.717) is 6.54 Å². The highest BCUT2D eigenvalue weighted by atomic mass is 16.1. The minimum Gasteiger partial charge on any atom is -0.369 e. The third kappa shape index (κ3) is 3.10. The largest absolute Gasteiger partial charge is 0.369 e. The highest BCUT2D eigenvalue weighted by Gasteiger charge is 2.37. The van der Waals surface area contributed by atoms with Gasteiger partial charge in [-0.25, -0.2) is 0 Å². The number of amides is 1. The lowest BCUT2D eigenvalue weighted by Crippen LogP contribution is -2.34. The molecule has 1 amide bonds. The first-order valence-corrected chi connectivity index (χ1v) is 6.76. The van der Waals surface area contributed by atoms with Crippen LogP contribution in [0.5, 0.6) is 0 Å². The maximum atomic E-state index is 10.6. The summed E-state index contributed by atoms with van der Waals surface area (Å²) in [7, 11) is 0. The van der Waals surface area contributed by atoms with Gasteiger partial charge in [0, 0.05) is 6.54 Å². The number of hydrogen-bond acceptors (Lipinski definition) is 2. The van der Waals surface area contributed by atoms with Gasteiger partial charge in [-0.15, -0.1) is 0 Å². The first-order valence-electron chi connectivity index (χ1n) is 6.76. The van der Waals surface area contributed by atoms with Crippen LogP contribution >= 0.6 is 0 Å². The van der Waals surface area contributed by atoms with Crippen LogP contribution < -0.4 is 11.5 Å². The molecule has 0 bridgehead atoms. The fourth-order valence-corrected chi connectivity index (χ4v) is 2.68. The molecule has 1 aromatic rings. The van der Waals surface area contributed by atoms with Crippen molar-refractivity contribution in [1.29, 1.82) is 0 Å². The molecule has 1 aromatic carbocycles. The smallest absolute Gasteiger partial charge is 0.221 e. The average Bonchev–Trinajstić information content (AvgIpc) is 2.34. The summed E-state index contributed by atoms with van der Waals surface area (Å²) in [6, 6.07) is 7.54. The van der Waals surface area contributed by atoms with Crippen molar-refractivity contribution >= 4 is 5.91 Å².